The summed E-state index contributed by atoms with van der Waals surface area (Å²) in [6, 6.07) is 6.65. The quantitative estimate of drug-likeness (QED) is 0.763. The molecule has 0 aliphatic carbocycles. The van der Waals surface area contributed by atoms with Crippen LogP contribution >= 0.6 is 0 Å². The molecule has 30 heavy (non-hydrogen) atoms. The SMILES string of the molecule is Cc1cc(=O)n(C)c2c1[C@@H](C)N(C(=O)CC1CN(c3ccc(C(F)(F)F)cc3)C1)C2. The van der Waals surface area contributed by atoms with Crippen molar-refractivity contribution in [2.24, 2.45) is 13.0 Å². The number of hydrogen-bond donors (Lipinski definition) is 0. The number of anilines is 1. The lowest BCUT2D eigenvalue weighted by molar-refractivity contribution is -0.137. The van der Waals surface area contributed by atoms with E-state index in [0.717, 1.165) is 34.6 Å². The first kappa shape index (κ1) is 20.5. The van der Waals surface area contributed by atoms with E-state index in [2.05, 4.69) is 0 Å². The van der Waals surface area contributed by atoms with Crippen LogP contribution in [0.15, 0.2) is 35.1 Å². The van der Waals surface area contributed by atoms with Crippen LogP contribution in [0.4, 0.5) is 18.9 Å². The Kier molecular flexibility index (Phi) is 4.91. The standard InChI is InChI=1S/C22H24F3N3O2/c1-13-8-19(29)26(3)18-12-28(14(2)21(13)18)20(30)9-15-10-27(11-15)17-6-4-16(5-7-17)22(23,24)25/h4-8,14-15H,9-12H2,1-3H3/t14-/m1/s1. The summed E-state index contributed by atoms with van der Waals surface area (Å²) < 4.78 is 39.7. The first-order valence-electron chi connectivity index (χ1n) is 9.97. The minimum atomic E-state index is -4.34. The highest BCUT2D eigenvalue weighted by Gasteiger charge is 2.37. The molecule has 1 atom stereocenters. The van der Waals surface area contributed by atoms with Gasteiger partial charge in [0.25, 0.3) is 5.56 Å². The summed E-state index contributed by atoms with van der Waals surface area (Å²) in [5.41, 5.74) is 2.85. The number of hydrogen-bond acceptors (Lipinski definition) is 3. The maximum absolute atomic E-state index is 12.9. The summed E-state index contributed by atoms with van der Waals surface area (Å²) in [6.07, 6.45) is -3.95. The molecule has 1 saturated heterocycles. The second-order valence-electron chi connectivity index (χ2n) is 8.30. The monoisotopic (exact) mass is 419 g/mol. The van der Waals surface area contributed by atoms with E-state index in [-0.39, 0.29) is 23.4 Å². The number of pyridine rings is 1. The Bertz CT molecular complexity index is 1040. The molecule has 2 aliphatic rings. The number of alkyl halides is 3. The minimum absolute atomic E-state index is 0.0441. The molecule has 1 aromatic heterocycles. The average Bonchev–Trinajstić information content (AvgIpc) is 3.00. The maximum atomic E-state index is 12.9. The molecule has 3 heterocycles. The number of aryl methyl sites for hydroxylation is 1. The second kappa shape index (κ2) is 7.18. The Labute approximate surface area is 172 Å². The molecule has 8 heteroatoms. The smallest absolute Gasteiger partial charge is 0.371 e. The van der Waals surface area contributed by atoms with E-state index in [1.54, 1.807) is 17.7 Å². The topological polar surface area (TPSA) is 45.6 Å². The van der Waals surface area contributed by atoms with Crippen LogP contribution in [0.2, 0.25) is 0 Å². The normalized spacial score (nSPS) is 19.1. The third-order valence-corrected chi connectivity index (χ3v) is 6.32. The van der Waals surface area contributed by atoms with E-state index in [9.17, 15) is 22.8 Å². The molecule has 0 unspecified atom stereocenters. The summed E-state index contributed by atoms with van der Waals surface area (Å²) >= 11 is 0. The molecule has 0 N–H and O–H groups in total. The fraction of sp³-hybridized carbons (Fsp3) is 0.455. The summed E-state index contributed by atoms with van der Waals surface area (Å²) in [4.78, 5) is 28.8. The van der Waals surface area contributed by atoms with Crippen molar-refractivity contribution < 1.29 is 18.0 Å². The number of carbonyl (C=O) groups excluding carboxylic acids is 1. The molecule has 160 valence electrons. The van der Waals surface area contributed by atoms with Crippen LogP contribution in [0.25, 0.3) is 0 Å². The zero-order chi connectivity index (χ0) is 21.8. The lowest BCUT2D eigenvalue weighted by Gasteiger charge is -2.41. The lowest BCUT2D eigenvalue weighted by atomic mass is 9.94. The molecule has 1 aromatic carbocycles. The van der Waals surface area contributed by atoms with Crippen LogP contribution < -0.4 is 10.5 Å². The summed E-state index contributed by atoms with van der Waals surface area (Å²) in [5.74, 6) is 0.211. The van der Waals surface area contributed by atoms with E-state index < -0.39 is 11.7 Å². The highest BCUT2D eigenvalue weighted by molar-refractivity contribution is 5.78. The van der Waals surface area contributed by atoms with Gasteiger partial charge in [-0.1, -0.05) is 0 Å². The molecular weight excluding hydrogens is 395 g/mol. The molecule has 0 spiro atoms. The van der Waals surface area contributed by atoms with E-state index >= 15 is 0 Å². The Balaban J connectivity index is 1.37. The number of amides is 1. The summed E-state index contributed by atoms with van der Waals surface area (Å²) in [5, 5.41) is 0. The molecule has 0 radical (unpaired) electrons. The first-order chi connectivity index (χ1) is 14.1. The van der Waals surface area contributed by atoms with Gasteiger partial charge in [-0.25, -0.2) is 0 Å². The van der Waals surface area contributed by atoms with Crippen molar-refractivity contribution in [1.29, 1.82) is 0 Å². The molecule has 2 aromatic rings. The number of carbonyl (C=O) groups is 1. The fourth-order valence-corrected chi connectivity index (χ4v) is 4.56. The van der Waals surface area contributed by atoms with Crippen LogP contribution in [0.5, 0.6) is 0 Å². The predicted molar refractivity (Wildman–Crippen MR) is 107 cm³/mol. The number of benzene rings is 1. The van der Waals surface area contributed by atoms with Gasteiger partial charge in [-0.05, 0) is 49.2 Å². The van der Waals surface area contributed by atoms with Crippen molar-refractivity contribution in [3.05, 3.63) is 63.1 Å². The molecule has 5 nitrogen and oxygen atoms in total. The Morgan fingerprint density at radius 1 is 1.17 bits per heavy atom. The maximum Gasteiger partial charge on any atom is 0.416 e. The van der Waals surface area contributed by atoms with Gasteiger partial charge in [0.15, 0.2) is 0 Å². The van der Waals surface area contributed by atoms with Gasteiger partial charge in [0, 0.05) is 49.9 Å². The van der Waals surface area contributed by atoms with Crippen LogP contribution in [0.1, 0.15) is 41.8 Å². The molecule has 1 fully saturated rings. The zero-order valence-corrected chi connectivity index (χ0v) is 17.2. The highest BCUT2D eigenvalue weighted by Crippen LogP contribution is 2.37. The van der Waals surface area contributed by atoms with Crippen molar-refractivity contribution in [3.8, 4) is 0 Å². The Hall–Kier alpha value is -2.77. The Morgan fingerprint density at radius 3 is 2.40 bits per heavy atom. The van der Waals surface area contributed by atoms with Crippen molar-refractivity contribution in [2.45, 2.75) is 39.0 Å². The number of fused-ring (bicyclic) bond motifs is 1. The van der Waals surface area contributed by atoms with Crippen LogP contribution in [-0.4, -0.2) is 28.5 Å². The number of halogens is 3. The van der Waals surface area contributed by atoms with Crippen molar-refractivity contribution in [1.82, 2.24) is 9.47 Å². The molecular formula is C22H24F3N3O2. The van der Waals surface area contributed by atoms with Crippen LogP contribution in [-0.2, 0) is 24.6 Å². The summed E-state index contributed by atoms with van der Waals surface area (Å²) in [7, 11) is 1.73. The second-order valence-corrected chi connectivity index (χ2v) is 8.30. The van der Waals surface area contributed by atoms with Crippen LogP contribution in [0, 0.1) is 12.8 Å². The van der Waals surface area contributed by atoms with Gasteiger partial charge < -0.3 is 14.4 Å². The predicted octanol–water partition coefficient (Wildman–Crippen LogP) is 3.64. The fourth-order valence-electron chi connectivity index (χ4n) is 4.56. The van der Waals surface area contributed by atoms with Gasteiger partial charge in [-0.3, -0.25) is 9.59 Å². The van der Waals surface area contributed by atoms with Crippen LogP contribution in [0.3, 0.4) is 0 Å². The van der Waals surface area contributed by atoms with Gasteiger partial charge >= 0.3 is 6.18 Å². The average molecular weight is 419 g/mol. The van der Waals surface area contributed by atoms with Crippen molar-refractivity contribution in [2.75, 3.05) is 18.0 Å². The molecule has 1 amide bonds. The third-order valence-electron chi connectivity index (χ3n) is 6.32. The zero-order valence-electron chi connectivity index (χ0n) is 17.2. The number of nitrogens with zero attached hydrogens (tertiary/aromatic N) is 3. The van der Waals surface area contributed by atoms with Crippen molar-refractivity contribution >= 4 is 11.6 Å². The van der Waals surface area contributed by atoms with Gasteiger partial charge in [0.1, 0.15) is 0 Å². The molecule has 0 saturated carbocycles. The summed E-state index contributed by atoms with van der Waals surface area (Å²) in [6.45, 7) is 5.60. The van der Waals surface area contributed by atoms with E-state index in [0.29, 0.717) is 26.1 Å². The number of rotatable bonds is 3. The van der Waals surface area contributed by atoms with E-state index in [4.69, 9.17) is 0 Å². The third kappa shape index (κ3) is 3.48. The van der Waals surface area contributed by atoms with Gasteiger partial charge in [-0.2, -0.15) is 13.2 Å². The minimum Gasteiger partial charge on any atom is -0.371 e. The van der Waals surface area contributed by atoms with Gasteiger partial charge in [0.05, 0.1) is 18.2 Å². The highest BCUT2D eigenvalue weighted by atomic mass is 19.4. The van der Waals surface area contributed by atoms with Gasteiger partial charge in [-0.15, -0.1) is 0 Å². The molecule has 4 rings (SSSR count). The largest absolute Gasteiger partial charge is 0.416 e. The molecule has 2 aliphatic heterocycles. The van der Waals surface area contributed by atoms with Gasteiger partial charge in [0.2, 0.25) is 5.91 Å². The number of aromatic nitrogens is 1. The van der Waals surface area contributed by atoms with E-state index in [1.165, 1.54) is 12.1 Å². The molecule has 0 bridgehead atoms. The van der Waals surface area contributed by atoms with E-state index in [1.807, 2.05) is 23.6 Å². The lowest BCUT2D eigenvalue weighted by Crippen LogP contribution is -2.48. The van der Waals surface area contributed by atoms with Crippen molar-refractivity contribution in [3.63, 3.8) is 0 Å². The first-order valence-corrected chi connectivity index (χ1v) is 9.97. The Morgan fingerprint density at radius 2 is 1.80 bits per heavy atom.